The molecule has 1 aliphatic carbocycles. The number of carbonyl (C=O) groups excluding carboxylic acids is 2. The lowest BCUT2D eigenvalue weighted by molar-refractivity contribution is -0.132. The van der Waals surface area contributed by atoms with Gasteiger partial charge >= 0.3 is 0 Å². The highest BCUT2D eigenvalue weighted by Gasteiger charge is 2.55. The van der Waals surface area contributed by atoms with Crippen LogP contribution in [0.5, 0.6) is 0 Å². The van der Waals surface area contributed by atoms with E-state index in [0.29, 0.717) is 48.2 Å². The molecule has 0 bridgehead atoms. The minimum atomic E-state index is -0.0692. The second-order valence-corrected chi connectivity index (χ2v) is 8.74. The summed E-state index contributed by atoms with van der Waals surface area (Å²) < 4.78 is 5.38. The van der Waals surface area contributed by atoms with Crippen molar-refractivity contribution in [1.82, 2.24) is 20.2 Å². The standard InChI is InChI=1S/C22H28N4O3/c27-21(9-14-3-7-29-8-4-14)26-12-17-16(18(17)13-26)1-6-24-22(28)20-10-15-11-23-5-2-19(15)25-20/h2,5,10-11,14,16-18,25H,1,3-4,6-9,12-13H2,(H,24,28)/t16?,17-,18+. The zero-order valence-corrected chi connectivity index (χ0v) is 16.6. The number of nitrogens with zero attached hydrogens (tertiary/aromatic N) is 2. The molecular weight excluding hydrogens is 368 g/mol. The summed E-state index contributed by atoms with van der Waals surface area (Å²) in [5, 5.41) is 3.97. The van der Waals surface area contributed by atoms with E-state index in [0.717, 1.165) is 56.5 Å². The third kappa shape index (κ3) is 3.88. The number of H-pyrrole nitrogens is 1. The summed E-state index contributed by atoms with van der Waals surface area (Å²) in [6.45, 7) is 4.08. The average molecular weight is 396 g/mol. The molecule has 2 aromatic heterocycles. The van der Waals surface area contributed by atoms with Crippen molar-refractivity contribution < 1.29 is 14.3 Å². The lowest BCUT2D eigenvalue weighted by Crippen LogP contribution is -2.34. The molecule has 1 unspecified atom stereocenters. The zero-order chi connectivity index (χ0) is 19.8. The van der Waals surface area contributed by atoms with Crippen molar-refractivity contribution >= 4 is 22.7 Å². The number of piperidine rings is 1. The summed E-state index contributed by atoms with van der Waals surface area (Å²) in [6, 6.07) is 3.71. The number of amides is 2. The van der Waals surface area contributed by atoms with Gasteiger partial charge in [0.05, 0.1) is 0 Å². The number of aromatic nitrogens is 2. The number of fused-ring (bicyclic) bond motifs is 2. The van der Waals surface area contributed by atoms with E-state index in [2.05, 4.69) is 20.2 Å². The summed E-state index contributed by atoms with van der Waals surface area (Å²) >= 11 is 0. The Bertz CT molecular complexity index is 859. The minimum Gasteiger partial charge on any atom is -0.381 e. The fraction of sp³-hybridized carbons (Fsp3) is 0.591. The Hall–Kier alpha value is -2.41. The zero-order valence-electron chi connectivity index (χ0n) is 16.6. The van der Waals surface area contributed by atoms with Crippen molar-refractivity contribution in [2.24, 2.45) is 23.7 Å². The largest absolute Gasteiger partial charge is 0.381 e. The van der Waals surface area contributed by atoms with Gasteiger partial charge in [-0.05, 0) is 55.1 Å². The molecule has 0 radical (unpaired) electrons. The molecule has 4 heterocycles. The molecule has 2 saturated heterocycles. The van der Waals surface area contributed by atoms with E-state index in [9.17, 15) is 9.59 Å². The van der Waals surface area contributed by atoms with E-state index >= 15 is 0 Å². The lowest BCUT2D eigenvalue weighted by Gasteiger charge is -2.25. The van der Waals surface area contributed by atoms with Gasteiger partial charge in [0.15, 0.2) is 0 Å². The van der Waals surface area contributed by atoms with Crippen LogP contribution in [0.25, 0.3) is 10.9 Å². The predicted molar refractivity (Wildman–Crippen MR) is 108 cm³/mol. The molecule has 2 aliphatic heterocycles. The van der Waals surface area contributed by atoms with E-state index in [1.54, 1.807) is 12.4 Å². The van der Waals surface area contributed by atoms with Crippen LogP contribution in [0.15, 0.2) is 24.5 Å². The predicted octanol–water partition coefficient (Wildman–Crippen LogP) is 2.20. The molecule has 2 N–H and O–H groups in total. The van der Waals surface area contributed by atoms with E-state index < -0.39 is 0 Å². The second-order valence-electron chi connectivity index (χ2n) is 8.74. The van der Waals surface area contributed by atoms with Crippen LogP contribution in [-0.2, 0) is 9.53 Å². The van der Waals surface area contributed by atoms with Crippen molar-refractivity contribution in [3.8, 4) is 0 Å². The molecule has 3 fully saturated rings. The van der Waals surface area contributed by atoms with Gasteiger partial charge in [-0.2, -0.15) is 0 Å². The molecule has 7 nitrogen and oxygen atoms in total. The number of carbonyl (C=O) groups is 2. The smallest absolute Gasteiger partial charge is 0.267 e. The SMILES string of the molecule is O=C(NCCC1[C@H]2CN(C(=O)CC3CCOCC3)C[C@@H]12)c1cc2cnccc2[nH]1. The average Bonchev–Trinajstić information content (AvgIpc) is 3.11. The molecule has 1 saturated carbocycles. The van der Waals surface area contributed by atoms with E-state index in [1.165, 1.54) is 0 Å². The van der Waals surface area contributed by atoms with Crippen molar-refractivity contribution in [2.45, 2.75) is 25.7 Å². The van der Waals surface area contributed by atoms with Gasteiger partial charge in [0.1, 0.15) is 5.69 Å². The maximum atomic E-state index is 12.5. The Labute approximate surface area is 170 Å². The summed E-state index contributed by atoms with van der Waals surface area (Å²) in [4.78, 5) is 34.2. The minimum absolute atomic E-state index is 0.0692. The first kappa shape index (κ1) is 18.6. The van der Waals surface area contributed by atoms with Crippen LogP contribution in [0.4, 0.5) is 0 Å². The fourth-order valence-electron chi connectivity index (χ4n) is 5.15. The third-order valence-electron chi connectivity index (χ3n) is 6.96. The number of ether oxygens (including phenoxy) is 1. The van der Waals surface area contributed by atoms with Crippen LogP contribution in [0.2, 0.25) is 0 Å². The van der Waals surface area contributed by atoms with Gasteiger partial charge in [0, 0.05) is 62.6 Å². The van der Waals surface area contributed by atoms with Gasteiger partial charge in [0.25, 0.3) is 5.91 Å². The fourth-order valence-corrected chi connectivity index (χ4v) is 5.15. The van der Waals surface area contributed by atoms with E-state index in [-0.39, 0.29) is 5.91 Å². The number of rotatable bonds is 6. The molecule has 5 rings (SSSR count). The Morgan fingerprint density at radius 1 is 1.24 bits per heavy atom. The van der Waals surface area contributed by atoms with Crippen molar-refractivity contribution in [3.05, 3.63) is 30.2 Å². The normalized spacial score (nSPS) is 26.5. The topological polar surface area (TPSA) is 87.3 Å². The van der Waals surface area contributed by atoms with Crippen LogP contribution in [0.3, 0.4) is 0 Å². The monoisotopic (exact) mass is 396 g/mol. The molecule has 7 heteroatoms. The number of aromatic amines is 1. The highest BCUT2D eigenvalue weighted by molar-refractivity contribution is 5.97. The van der Waals surface area contributed by atoms with Crippen molar-refractivity contribution in [1.29, 1.82) is 0 Å². The number of nitrogens with one attached hydrogen (secondary N) is 2. The number of hydrogen-bond donors (Lipinski definition) is 2. The lowest BCUT2D eigenvalue weighted by atomic mass is 9.96. The molecule has 3 atom stereocenters. The number of hydrogen-bond acceptors (Lipinski definition) is 4. The van der Waals surface area contributed by atoms with Crippen LogP contribution in [0, 0.1) is 23.7 Å². The highest BCUT2D eigenvalue weighted by Crippen LogP contribution is 2.53. The van der Waals surface area contributed by atoms with Gasteiger partial charge < -0.3 is 19.9 Å². The van der Waals surface area contributed by atoms with Gasteiger partial charge in [-0.3, -0.25) is 14.6 Å². The Morgan fingerprint density at radius 3 is 2.79 bits per heavy atom. The molecule has 0 aromatic carbocycles. The van der Waals surface area contributed by atoms with Gasteiger partial charge in [-0.15, -0.1) is 0 Å². The Balaban J connectivity index is 1.04. The van der Waals surface area contributed by atoms with Gasteiger partial charge in [0.2, 0.25) is 5.91 Å². The summed E-state index contributed by atoms with van der Waals surface area (Å²) in [5.74, 6) is 2.66. The second kappa shape index (κ2) is 7.78. The maximum absolute atomic E-state index is 12.5. The quantitative estimate of drug-likeness (QED) is 0.784. The first-order valence-electron chi connectivity index (χ1n) is 10.8. The molecule has 2 amide bonds. The molecule has 29 heavy (non-hydrogen) atoms. The van der Waals surface area contributed by atoms with Crippen LogP contribution in [-0.4, -0.2) is 59.5 Å². The van der Waals surface area contributed by atoms with Crippen LogP contribution >= 0.6 is 0 Å². The van der Waals surface area contributed by atoms with Gasteiger partial charge in [-0.1, -0.05) is 0 Å². The Morgan fingerprint density at radius 2 is 2.03 bits per heavy atom. The molecule has 0 spiro atoms. The van der Waals surface area contributed by atoms with Crippen molar-refractivity contribution in [2.75, 3.05) is 32.8 Å². The van der Waals surface area contributed by atoms with Crippen molar-refractivity contribution in [3.63, 3.8) is 0 Å². The maximum Gasteiger partial charge on any atom is 0.267 e. The number of likely N-dealkylation sites (tertiary alicyclic amines) is 1. The molecule has 154 valence electrons. The first-order chi connectivity index (χ1) is 14.2. The summed E-state index contributed by atoms with van der Waals surface area (Å²) in [5.41, 5.74) is 1.50. The highest BCUT2D eigenvalue weighted by atomic mass is 16.5. The Kier molecular flexibility index (Phi) is 4.99. The summed E-state index contributed by atoms with van der Waals surface area (Å²) in [6.07, 6.45) is 7.17. The van der Waals surface area contributed by atoms with Crippen LogP contribution < -0.4 is 5.32 Å². The van der Waals surface area contributed by atoms with Gasteiger partial charge in [-0.25, -0.2) is 0 Å². The third-order valence-corrected chi connectivity index (χ3v) is 6.96. The molecule has 2 aromatic rings. The number of pyridine rings is 1. The molecule has 3 aliphatic rings. The molecular formula is C22H28N4O3. The van der Waals surface area contributed by atoms with E-state index in [1.807, 2.05) is 12.1 Å². The summed E-state index contributed by atoms with van der Waals surface area (Å²) in [7, 11) is 0. The van der Waals surface area contributed by atoms with Crippen LogP contribution in [0.1, 0.15) is 36.2 Å². The van der Waals surface area contributed by atoms with E-state index in [4.69, 9.17) is 4.74 Å². The first-order valence-corrected chi connectivity index (χ1v) is 10.8.